The number of alkyl halides is 3. The second-order valence-electron chi connectivity index (χ2n) is 2.62. The van der Waals surface area contributed by atoms with Crippen LogP contribution < -0.4 is 0 Å². The third-order valence-corrected chi connectivity index (χ3v) is 1.62. The van der Waals surface area contributed by atoms with Crippen LogP contribution in [0.1, 0.15) is 17.6 Å². The molecule has 0 aliphatic heterocycles. The lowest BCUT2D eigenvalue weighted by atomic mass is 10.1. The van der Waals surface area contributed by atoms with Gasteiger partial charge in [0, 0.05) is 17.7 Å². The first-order valence-electron chi connectivity index (χ1n) is 3.67. The first-order chi connectivity index (χ1) is 6.54. The van der Waals surface area contributed by atoms with E-state index in [4.69, 9.17) is 0 Å². The Labute approximate surface area is 77.3 Å². The van der Waals surface area contributed by atoms with Gasteiger partial charge in [-0.15, -0.1) is 0 Å². The van der Waals surface area contributed by atoms with E-state index in [1.807, 2.05) is 0 Å². The standard InChI is InChI=1S/C8H6F3NO2/c9-4-5-1-6(8(10)11)3-7(2-5)12(13)14/h1-3,8H,4H2. The van der Waals surface area contributed by atoms with Crippen LogP contribution in [-0.4, -0.2) is 4.92 Å². The fourth-order valence-electron chi connectivity index (χ4n) is 1.01. The van der Waals surface area contributed by atoms with Crippen LogP contribution in [0, 0.1) is 10.1 Å². The molecule has 6 heteroatoms. The molecule has 1 rings (SSSR count). The van der Waals surface area contributed by atoms with Crippen LogP contribution in [0.25, 0.3) is 0 Å². The first-order valence-corrected chi connectivity index (χ1v) is 3.67. The number of halogens is 3. The number of hydrogen-bond acceptors (Lipinski definition) is 2. The molecule has 0 unspecified atom stereocenters. The first kappa shape index (κ1) is 10.5. The highest BCUT2D eigenvalue weighted by Crippen LogP contribution is 2.25. The zero-order valence-corrected chi connectivity index (χ0v) is 6.91. The third-order valence-electron chi connectivity index (χ3n) is 1.62. The molecular formula is C8H6F3NO2. The molecule has 1 aromatic carbocycles. The average molecular weight is 205 g/mol. The molecule has 0 spiro atoms. The zero-order chi connectivity index (χ0) is 10.7. The van der Waals surface area contributed by atoms with Gasteiger partial charge in [-0.05, 0) is 11.6 Å². The number of benzene rings is 1. The molecule has 0 radical (unpaired) electrons. The van der Waals surface area contributed by atoms with Crippen LogP contribution in [0.4, 0.5) is 18.9 Å². The minimum atomic E-state index is -2.83. The molecule has 0 aromatic heterocycles. The lowest BCUT2D eigenvalue weighted by molar-refractivity contribution is -0.385. The number of non-ortho nitro benzene ring substituents is 1. The summed E-state index contributed by atoms with van der Waals surface area (Å²) in [5, 5.41) is 10.3. The molecule has 76 valence electrons. The van der Waals surface area contributed by atoms with E-state index in [9.17, 15) is 23.3 Å². The molecule has 0 aliphatic carbocycles. The van der Waals surface area contributed by atoms with Crippen molar-refractivity contribution in [1.82, 2.24) is 0 Å². The van der Waals surface area contributed by atoms with Gasteiger partial charge in [0.1, 0.15) is 6.67 Å². The van der Waals surface area contributed by atoms with Crippen LogP contribution in [-0.2, 0) is 6.67 Å². The van der Waals surface area contributed by atoms with E-state index in [1.165, 1.54) is 0 Å². The maximum atomic E-state index is 12.2. The topological polar surface area (TPSA) is 43.1 Å². The second kappa shape index (κ2) is 4.08. The molecule has 0 heterocycles. The predicted molar refractivity (Wildman–Crippen MR) is 42.9 cm³/mol. The lowest BCUT2D eigenvalue weighted by Gasteiger charge is -2.01. The fourth-order valence-corrected chi connectivity index (χ4v) is 1.01. The molecule has 0 saturated heterocycles. The Morgan fingerprint density at radius 1 is 1.36 bits per heavy atom. The SMILES string of the molecule is O=[N+]([O-])c1cc(CF)cc(C(F)F)c1. The number of nitrogens with zero attached hydrogens (tertiary/aromatic N) is 1. The summed E-state index contributed by atoms with van der Waals surface area (Å²) in [6.45, 7) is -0.999. The van der Waals surface area contributed by atoms with Crippen molar-refractivity contribution in [2.24, 2.45) is 0 Å². The van der Waals surface area contributed by atoms with Crippen LogP contribution in [0.2, 0.25) is 0 Å². The van der Waals surface area contributed by atoms with Crippen molar-refractivity contribution < 1.29 is 18.1 Å². The maximum Gasteiger partial charge on any atom is 0.270 e. The Bertz CT molecular complexity index is 354. The van der Waals surface area contributed by atoms with Crippen molar-refractivity contribution in [2.45, 2.75) is 13.1 Å². The third kappa shape index (κ3) is 2.21. The van der Waals surface area contributed by atoms with Gasteiger partial charge in [-0.25, -0.2) is 13.2 Å². The number of hydrogen-bond donors (Lipinski definition) is 0. The summed E-state index contributed by atoms with van der Waals surface area (Å²) < 4.78 is 36.5. The van der Waals surface area contributed by atoms with E-state index >= 15 is 0 Å². The van der Waals surface area contributed by atoms with Gasteiger partial charge in [-0.2, -0.15) is 0 Å². The number of rotatable bonds is 3. The molecule has 0 saturated carbocycles. The van der Waals surface area contributed by atoms with Crippen molar-refractivity contribution in [3.05, 3.63) is 39.4 Å². The Kier molecular flexibility index (Phi) is 3.06. The zero-order valence-electron chi connectivity index (χ0n) is 6.91. The summed E-state index contributed by atoms with van der Waals surface area (Å²) in [6, 6.07) is 2.59. The van der Waals surface area contributed by atoms with E-state index < -0.39 is 29.3 Å². The van der Waals surface area contributed by atoms with E-state index in [2.05, 4.69) is 0 Å². The average Bonchev–Trinajstić information content (AvgIpc) is 2.16. The Morgan fingerprint density at radius 2 is 2.00 bits per heavy atom. The summed E-state index contributed by atoms with van der Waals surface area (Å²) in [6.07, 6.45) is -2.83. The monoisotopic (exact) mass is 205 g/mol. The Hall–Kier alpha value is -1.59. The van der Waals surface area contributed by atoms with Crippen molar-refractivity contribution in [3.8, 4) is 0 Å². The minimum Gasteiger partial charge on any atom is -0.258 e. The van der Waals surface area contributed by atoms with Crippen LogP contribution in [0.5, 0.6) is 0 Å². The summed E-state index contributed by atoms with van der Waals surface area (Å²) in [7, 11) is 0. The van der Waals surface area contributed by atoms with Gasteiger partial charge in [0.15, 0.2) is 0 Å². The van der Waals surface area contributed by atoms with E-state index in [0.717, 1.165) is 18.2 Å². The van der Waals surface area contributed by atoms with Crippen molar-refractivity contribution in [2.75, 3.05) is 0 Å². The Morgan fingerprint density at radius 3 is 2.43 bits per heavy atom. The fraction of sp³-hybridized carbons (Fsp3) is 0.250. The lowest BCUT2D eigenvalue weighted by Crippen LogP contribution is -1.94. The van der Waals surface area contributed by atoms with Gasteiger partial charge in [-0.1, -0.05) is 0 Å². The van der Waals surface area contributed by atoms with Crippen LogP contribution >= 0.6 is 0 Å². The van der Waals surface area contributed by atoms with Crippen molar-refractivity contribution >= 4 is 5.69 Å². The summed E-state index contributed by atoms with van der Waals surface area (Å²) in [4.78, 5) is 9.45. The highest BCUT2D eigenvalue weighted by molar-refractivity contribution is 5.39. The predicted octanol–water partition coefficient (Wildman–Crippen LogP) is 3.00. The molecule has 0 aliphatic rings. The van der Waals surface area contributed by atoms with Crippen molar-refractivity contribution in [1.29, 1.82) is 0 Å². The van der Waals surface area contributed by atoms with E-state index in [-0.39, 0.29) is 5.56 Å². The minimum absolute atomic E-state index is 0.116. The number of nitro groups is 1. The molecule has 3 nitrogen and oxygen atoms in total. The molecule has 0 bridgehead atoms. The Balaban J connectivity index is 3.20. The van der Waals surface area contributed by atoms with Gasteiger partial charge in [0.05, 0.1) is 4.92 Å². The molecular weight excluding hydrogens is 199 g/mol. The highest BCUT2D eigenvalue weighted by Gasteiger charge is 2.15. The quantitative estimate of drug-likeness (QED) is 0.562. The van der Waals surface area contributed by atoms with Gasteiger partial charge < -0.3 is 0 Å². The number of nitro benzene ring substituents is 1. The molecule has 14 heavy (non-hydrogen) atoms. The maximum absolute atomic E-state index is 12.2. The normalized spacial score (nSPS) is 10.6. The summed E-state index contributed by atoms with van der Waals surface area (Å²) >= 11 is 0. The van der Waals surface area contributed by atoms with E-state index in [1.54, 1.807) is 0 Å². The van der Waals surface area contributed by atoms with Gasteiger partial charge >= 0.3 is 0 Å². The van der Waals surface area contributed by atoms with Gasteiger partial charge in [-0.3, -0.25) is 10.1 Å². The molecule has 0 fully saturated rings. The van der Waals surface area contributed by atoms with E-state index in [0.29, 0.717) is 0 Å². The molecule has 0 atom stereocenters. The molecule has 0 N–H and O–H groups in total. The summed E-state index contributed by atoms with van der Waals surface area (Å²) in [5.41, 5.74) is -1.17. The molecule has 1 aromatic rings. The largest absolute Gasteiger partial charge is 0.270 e. The highest BCUT2D eigenvalue weighted by atomic mass is 19.3. The van der Waals surface area contributed by atoms with Crippen LogP contribution in [0.15, 0.2) is 18.2 Å². The van der Waals surface area contributed by atoms with Gasteiger partial charge in [0.25, 0.3) is 12.1 Å². The molecule has 0 amide bonds. The van der Waals surface area contributed by atoms with Crippen LogP contribution in [0.3, 0.4) is 0 Å². The summed E-state index contributed by atoms with van der Waals surface area (Å²) in [5.74, 6) is 0. The van der Waals surface area contributed by atoms with Crippen molar-refractivity contribution in [3.63, 3.8) is 0 Å². The van der Waals surface area contributed by atoms with Gasteiger partial charge in [0.2, 0.25) is 0 Å². The second-order valence-corrected chi connectivity index (χ2v) is 2.62. The smallest absolute Gasteiger partial charge is 0.258 e.